The van der Waals surface area contributed by atoms with Gasteiger partial charge in [0, 0.05) is 0 Å². The average molecular weight is 693 g/mol. The first-order chi connectivity index (χ1) is 18.5. The van der Waals surface area contributed by atoms with Crippen LogP contribution in [0.1, 0.15) is 77.5 Å². The van der Waals surface area contributed by atoms with E-state index >= 15 is 0 Å². The molecule has 0 amide bonds. The quantitative estimate of drug-likeness (QED) is 0.121. The Balaban J connectivity index is 0.000000238. The minimum atomic E-state index is 0. The summed E-state index contributed by atoms with van der Waals surface area (Å²) in [5.74, 6) is 0.755. The summed E-state index contributed by atoms with van der Waals surface area (Å²) in [7, 11) is 0. The van der Waals surface area contributed by atoms with Gasteiger partial charge in [-0.3, -0.25) is 6.58 Å². The van der Waals surface area contributed by atoms with E-state index in [1.807, 2.05) is 60.7 Å². The summed E-state index contributed by atoms with van der Waals surface area (Å²) in [4.78, 5) is 0. The first-order valence-corrected chi connectivity index (χ1v) is 14.2. The predicted octanol–water partition coefficient (Wildman–Crippen LogP) is 11.4. The SMILES string of the molecule is C=[C-]C1CCC1.CC(C)(C)c1ccc2c(c1)[cH-]c1cc(C(C)(C)C)ccc12.[CH2-]c1ccccc1.[Hf+4].c1cc[cH-]c1. The van der Waals surface area contributed by atoms with Gasteiger partial charge in [0.25, 0.3) is 0 Å². The molecule has 5 aromatic carbocycles. The van der Waals surface area contributed by atoms with Crippen molar-refractivity contribution in [1.29, 1.82) is 0 Å². The third kappa shape index (κ3) is 10.1. The molecular formula is C39H46Hf. The molecule has 0 saturated heterocycles. The molecule has 0 heterocycles. The molecule has 5 aromatic rings. The molecule has 0 spiro atoms. The second kappa shape index (κ2) is 15.4. The summed E-state index contributed by atoms with van der Waals surface area (Å²) >= 11 is 0. The van der Waals surface area contributed by atoms with Gasteiger partial charge in [0.15, 0.2) is 0 Å². The van der Waals surface area contributed by atoms with E-state index < -0.39 is 0 Å². The number of fused-ring (bicyclic) bond motifs is 3. The van der Waals surface area contributed by atoms with Gasteiger partial charge in [-0.15, -0.1) is 51.9 Å². The van der Waals surface area contributed by atoms with E-state index in [1.165, 1.54) is 51.9 Å². The van der Waals surface area contributed by atoms with Crippen molar-refractivity contribution in [2.24, 2.45) is 5.92 Å². The smallest absolute Gasteiger partial charge is 0.501 e. The zero-order chi connectivity index (χ0) is 28.5. The first kappa shape index (κ1) is 33.6. The molecule has 1 aliphatic carbocycles. The third-order valence-electron chi connectivity index (χ3n) is 7.23. The van der Waals surface area contributed by atoms with Gasteiger partial charge in [-0.05, 0) is 10.8 Å². The van der Waals surface area contributed by atoms with Gasteiger partial charge in [-0.1, -0.05) is 102 Å². The molecule has 0 unspecified atom stereocenters. The number of allylic oxidation sites excluding steroid dienone is 1. The van der Waals surface area contributed by atoms with Crippen LogP contribution in [-0.2, 0) is 36.7 Å². The van der Waals surface area contributed by atoms with Crippen LogP contribution in [0.25, 0.3) is 21.5 Å². The second-order valence-corrected chi connectivity index (χ2v) is 12.5. The van der Waals surface area contributed by atoms with Crippen LogP contribution in [0.15, 0.2) is 110 Å². The molecule has 0 atom stereocenters. The van der Waals surface area contributed by atoms with Crippen LogP contribution in [-0.4, -0.2) is 0 Å². The summed E-state index contributed by atoms with van der Waals surface area (Å²) in [6, 6.07) is 36.1. The van der Waals surface area contributed by atoms with Crippen LogP contribution < -0.4 is 0 Å². The van der Waals surface area contributed by atoms with Gasteiger partial charge in [-0.25, -0.2) is 12.1 Å². The Morgan fingerprint density at radius 2 is 1.20 bits per heavy atom. The monoisotopic (exact) mass is 694 g/mol. The van der Waals surface area contributed by atoms with Crippen molar-refractivity contribution in [1.82, 2.24) is 0 Å². The standard InChI is InChI=1S/C21H25.C7H7.C6H9.C5H5.Hf/c1-20(2,3)16-7-9-18-14(12-16)11-15-13-17(21(4,5)6)8-10-19(15)18;1-7-5-3-2-4-6-7;1-2-6-4-3-5-6;1-2-4-5-3-1;/h7-13H,1-6H3;2-6H,1H2;6H,1,3-5H2;1-5H;/q4*-1;+4. The van der Waals surface area contributed by atoms with Crippen molar-refractivity contribution >= 4 is 21.5 Å². The fourth-order valence-electron chi connectivity index (χ4n) is 4.37. The fraction of sp³-hybridized carbons (Fsp3) is 0.308. The van der Waals surface area contributed by atoms with Gasteiger partial charge in [-0.2, -0.15) is 48.7 Å². The molecule has 6 rings (SSSR count). The minimum Gasteiger partial charge on any atom is -0.501 e. The third-order valence-corrected chi connectivity index (χ3v) is 7.23. The Labute approximate surface area is 263 Å². The van der Waals surface area contributed by atoms with Crippen LogP contribution in [0.4, 0.5) is 0 Å². The van der Waals surface area contributed by atoms with Gasteiger partial charge in [0.05, 0.1) is 0 Å². The number of benzene rings is 3. The van der Waals surface area contributed by atoms with Crippen molar-refractivity contribution in [3.63, 3.8) is 0 Å². The molecule has 1 saturated carbocycles. The summed E-state index contributed by atoms with van der Waals surface area (Å²) in [6.07, 6.45) is 7.02. The minimum absolute atomic E-state index is 0. The van der Waals surface area contributed by atoms with Crippen LogP contribution in [0.5, 0.6) is 0 Å². The van der Waals surface area contributed by atoms with Crippen molar-refractivity contribution in [2.45, 2.75) is 71.6 Å². The maximum absolute atomic E-state index is 3.72. The van der Waals surface area contributed by atoms with Crippen LogP contribution in [0.2, 0.25) is 0 Å². The summed E-state index contributed by atoms with van der Waals surface area (Å²) < 4.78 is 0. The Morgan fingerprint density at radius 1 is 0.725 bits per heavy atom. The number of hydrogen-bond acceptors (Lipinski definition) is 0. The summed E-state index contributed by atoms with van der Waals surface area (Å²) in [5.41, 5.74) is 4.29. The zero-order valence-corrected chi connectivity index (χ0v) is 29.0. The maximum Gasteiger partial charge on any atom is 4.00 e. The molecule has 0 aliphatic heterocycles. The van der Waals surface area contributed by atoms with E-state index in [1.54, 1.807) is 0 Å². The molecule has 0 bridgehead atoms. The van der Waals surface area contributed by atoms with E-state index in [2.05, 4.69) is 104 Å². The van der Waals surface area contributed by atoms with Crippen LogP contribution in [0, 0.1) is 18.9 Å². The molecule has 1 fully saturated rings. The molecular weight excluding hydrogens is 647 g/mol. The zero-order valence-electron chi connectivity index (χ0n) is 25.4. The number of rotatable bonds is 1. The molecule has 0 nitrogen and oxygen atoms in total. The predicted molar refractivity (Wildman–Crippen MR) is 174 cm³/mol. The maximum atomic E-state index is 3.72. The molecule has 206 valence electrons. The van der Waals surface area contributed by atoms with Crippen molar-refractivity contribution in [3.8, 4) is 0 Å². The van der Waals surface area contributed by atoms with E-state index in [-0.39, 0.29) is 36.7 Å². The van der Waals surface area contributed by atoms with Crippen molar-refractivity contribution in [2.75, 3.05) is 0 Å². The van der Waals surface area contributed by atoms with Gasteiger partial charge < -0.3 is 6.08 Å². The largest absolute Gasteiger partial charge is 4.00 e. The van der Waals surface area contributed by atoms with Crippen LogP contribution in [0.3, 0.4) is 0 Å². The first-order valence-electron chi connectivity index (χ1n) is 14.2. The molecule has 0 N–H and O–H groups in total. The Morgan fingerprint density at radius 3 is 1.45 bits per heavy atom. The Kier molecular flexibility index (Phi) is 12.9. The van der Waals surface area contributed by atoms with Gasteiger partial charge in [0.1, 0.15) is 0 Å². The van der Waals surface area contributed by atoms with E-state index in [0.717, 1.165) is 11.5 Å². The topological polar surface area (TPSA) is 0 Å². The average Bonchev–Trinajstić information content (AvgIpc) is 3.54. The van der Waals surface area contributed by atoms with E-state index in [4.69, 9.17) is 0 Å². The second-order valence-electron chi connectivity index (χ2n) is 12.5. The van der Waals surface area contributed by atoms with Crippen LogP contribution >= 0.6 is 0 Å². The normalized spacial score (nSPS) is 12.8. The van der Waals surface area contributed by atoms with Gasteiger partial charge in [0.2, 0.25) is 0 Å². The summed E-state index contributed by atoms with van der Waals surface area (Å²) in [5, 5.41) is 5.48. The Bertz CT molecular complexity index is 1310. The molecule has 0 aromatic heterocycles. The molecule has 1 heteroatoms. The van der Waals surface area contributed by atoms with E-state index in [0.29, 0.717) is 0 Å². The fourth-order valence-corrected chi connectivity index (χ4v) is 4.37. The van der Waals surface area contributed by atoms with Crippen molar-refractivity contribution in [3.05, 3.63) is 139 Å². The van der Waals surface area contributed by atoms with E-state index in [9.17, 15) is 0 Å². The molecule has 0 radical (unpaired) electrons. The Hall–Kier alpha value is -2.64. The molecule has 1 aliphatic rings. The van der Waals surface area contributed by atoms with Crippen molar-refractivity contribution < 1.29 is 25.8 Å². The molecule has 40 heavy (non-hydrogen) atoms. The summed E-state index contributed by atoms with van der Waals surface area (Å²) in [6.45, 7) is 20.9. The van der Waals surface area contributed by atoms with Gasteiger partial charge >= 0.3 is 25.8 Å². The number of hydrogen-bond donors (Lipinski definition) is 0.